The maximum atomic E-state index is 13.1. The van der Waals surface area contributed by atoms with Crippen LogP contribution in [0.5, 0.6) is 0 Å². The number of hydrogen-bond acceptors (Lipinski definition) is 5. The van der Waals surface area contributed by atoms with E-state index in [0.717, 1.165) is 17.7 Å². The van der Waals surface area contributed by atoms with E-state index in [2.05, 4.69) is 34.1 Å². The number of rotatable bonds is 7. The smallest absolute Gasteiger partial charge is 0.255 e. The van der Waals surface area contributed by atoms with Gasteiger partial charge in [-0.2, -0.15) is 0 Å². The third-order valence-electron chi connectivity index (χ3n) is 5.66. The van der Waals surface area contributed by atoms with Gasteiger partial charge in [0.1, 0.15) is 6.04 Å². The topological polar surface area (TPSA) is 90.5 Å². The predicted molar refractivity (Wildman–Crippen MR) is 112 cm³/mol. The molecule has 1 unspecified atom stereocenters. The molecule has 2 aromatic carbocycles. The van der Waals surface area contributed by atoms with Crippen LogP contribution in [0.4, 0.5) is 0 Å². The first-order chi connectivity index (χ1) is 14.6. The van der Waals surface area contributed by atoms with Crippen molar-refractivity contribution >= 4 is 17.7 Å². The minimum Gasteiger partial charge on any atom is -0.322 e. The lowest BCUT2D eigenvalue weighted by atomic mass is 10.0. The van der Waals surface area contributed by atoms with Gasteiger partial charge in [0.15, 0.2) is 0 Å². The molecule has 0 saturated carbocycles. The lowest BCUT2D eigenvalue weighted by Gasteiger charge is -2.29. The van der Waals surface area contributed by atoms with E-state index in [0.29, 0.717) is 31.6 Å². The number of imide groups is 1. The standard InChI is InChI=1S/C23H26N4O3/c1-24-11-15-4-2-5-16(10-15)12-25-13-17-6-3-7-18-14-27(23(30)21(17)18)19-8-9-20(28)26-22(19)29/h2-7,10,19,24-25H,8-9,11-14H2,1H3,(H,26,28,29). The zero-order valence-electron chi connectivity index (χ0n) is 17.0. The van der Waals surface area contributed by atoms with Crippen LogP contribution in [0.1, 0.15) is 45.5 Å². The number of nitrogens with one attached hydrogen (secondary N) is 3. The van der Waals surface area contributed by atoms with Crippen LogP contribution < -0.4 is 16.0 Å². The van der Waals surface area contributed by atoms with Gasteiger partial charge in [-0.25, -0.2) is 0 Å². The molecule has 7 nitrogen and oxygen atoms in total. The van der Waals surface area contributed by atoms with Gasteiger partial charge in [-0.3, -0.25) is 19.7 Å². The molecular weight excluding hydrogens is 380 g/mol. The van der Waals surface area contributed by atoms with E-state index in [1.807, 2.05) is 31.3 Å². The Labute approximate surface area is 175 Å². The Hall–Kier alpha value is -3.03. The number of benzene rings is 2. The predicted octanol–water partition coefficient (Wildman–Crippen LogP) is 1.46. The Balaban J connectivity index is 1.44. The molecule has 0 aromatic heterocycles. The highest BCUT2D eigenvalue weighted by molar-refractivity contribution is 6.05. The van der Waals surface area contributed by atoms with Gasteiger partial charge in [-0.05, 0) is 35.7 Å². The van der Waals surface area contributed by atoms with Crippen LogP contribution in [0.2, 0.25) is 0 Å². The van der Waals surface area contributed by atoms with Crippen molar-refractivity contribution in [3.63, 3.8) is 0 Å². The normalized spacial score (nSPS) is 18.5. The highest BCUT2D eigenvalue weighted by atomic mass is 16.2. The van der Waals surface area contributed by atoms with E-state index in [-0.39, 0.29) is 24.1 Å². The molecule has 0 radical (unpaired) electrons. The van der Waals surface area contributed by atoms with Crippen molar-refractivity contribution in [2.45, 2.75) is 45.1 Å². The molecule has 3 amide bonds. The lowest BCUT2D eigenvalue weighted by Crippen LogP contribution is -2.52. The van der Waals surface area contributed by atoms with E-state index >= 15 is 0 Å². The summed E-state index contributed by atoms with van der Waals surface area (Å²) in [5, 5.41) is 8.93. The molecule has 2 aliphatic rings. The van der Waals surface area contributed by atoms with Crippen LogP contribution >= 0.6 is 0 Å². The van der Waals surface area contributed by atoms with Gasteiger partial charge in [-0.15, -0.1) is 0 Å². The summed E-state index contributed by atoms with van der Waals surface area (Å²) in [5.41, 5.74) is 4.96. The highest BCUT2D eigenvalue weighted by Gasteiger charge is 2.39. The van der Waals surface area contributed by atoms with Gasteiger partial charge in [0.25, 0.3) is 5.91 Å². The van der Waals surface area contributed by atoms with Crippen molar-refractivity contribution in [2.75, 3.05) is 7.05 Å². The van der Waals surface area contributed by atoms with Crippen LogP contribution in [-0.4, -0.2) is 35.7 Å². The maximum absolute atomic E-state index is 13.1. The molecule has 1 saturated heterocycles. The summed E-state index contributed by atoms with van der Waals surface area (Å²) in [6.45, 7) is 2.49. The van der Waals surface area contributed by atoms with Gasteiger partial charge < -0.3 is 15.5 Å². The first-order valence-corrected chi connectivity index (χ1v) is 10.3. The van der Waals surface area contributed by atoms with Crippen molar-refractivity contribution in [1.82, 2.24) is 20.9 Å². The quantitative estimate of drug-likeness (QED) is 0.606. The van der Waals surface area contributed by atoms with Gasteiger partial charge in [-0.1, -0.05) is 42.5 Å². The lowest BCUT2D eigenvalue weighted by molar-refractivity contribution is -0.136. The van der Waals surface area contributed by atoms with E-state index in [4.69, 9.17) is 0 Å². The maximum Gasteiger partial charge on any atom is 0.255 e. The number of carbonyl (C=O) groups excluding carboxylic acids is 3. The monoisotopic (exact) mass is 406 g/mol. The van der Waals surface area contributed by atoms with Crippen LogP contribution in [-0.2, 0) is 35.8 Å². The summed E-state index contributed by atoms with van der Waals surface area (Å²) < 4.78 is 0. The average Bonchev–Trinajstić information content (AvgIpc) is 3.06. The molecule has 7 heteroatoms. The number of piperidine rings is 1. The van der Waals surface area contributed by atoms with Crippen molar-refractivity contribution < 1.29 is 14.4 Å². The Morgan fingerprint density at radius 2 is 1.80 bits per heavy atom. The second kappa shape index (κ2) is 8.77. The summed E-state index contributed by atoms with van der Waals surface area (Å²) >= 11 is 0. The van der Waals surface area contributed by atoms with E-state index in [9.17, 15) is 14.4 Å². The summed E-state index contributed by atoms with van der Waals surface area (Å²) in [6, 6.07) is 13.6. The van der Waals surface area contributed by atoms with Crippen molar-refractivity contribution in [3.8, 4) is 0 Å². The Bertz CT molecular complexity index is 988. The zero-order valence-corrected chi connectivity index (χ0v) is 17.0. The summed E-state index contributed by atoms with van der Waals surface area (Å²) in [4.78, 5) is 38.4. The SMILES string of the molecule is CNCc1cccc(CNCc2cccc3c2C(=O)N(C2CCC(=O)NC2=O)C3)c1. The number of carbonyl (C=O) groups is 3. The molecule has 2 aliphatic heterocycles. The van der Waals surface area contributed by atoms with Crippen molar-refractivity contribution in [1.29, 1.82) is 0 Å². The molecule has 2 aromatic rings. The summed E-state index contributed by atoms with van der Waals surface area (Å²) in [7, 11) is 1.93. The Morgan fingerprint density at radius 3 is 2.57 bits per heavy atom. The Kier molecular flexibility index (Phi) is 5.92. The van der Waals surface area contributed by atoms with E-state index < -0.39 is 6.04 Å². The third kappa shape index (κ3) is 4.13. The second-order valence-electron chi connectivity index (χ2n) is 7.81. The fraction of sp³-hybridized carbons (Fsp3) is 0.348. The van der Waals surface area contributed by atoms with Gasteiger partial charge >= 0.3 is 0 Å². The molecule has 0 spiro atoms. The molecule has 0 bridgehead atoms. The molecular formula is C23H26N4O3. The first kappa shape index (κ1) is 20.3. The fourth-order valence-corrected chi connectivity index (χ4v) is 4.23. The number of fused-ring (bicyclic) bond motifs is 1. The van der Waals surface area contributed by atoms with Crippen molar-refractivity contribution in [2.24, 2.45) is 0 Å². The zero-order chi connectivity index (χ0) is 21.1. The minimum atomic E-state index is -0.585. The van der Waals surface area contributed by atoms with Crippen LogP contribution in [0.15, 0.2) is 42.5 Å². The largest absolute Gasteiger partial charge is 0.322 e. The molecule has 4 rings (SSSR count). The highest BCUT2D eigenvalue weighted by Crippen LogP contribution is 2.29. The number of hydrogen-bond donors (Lipinski definition) is 3. The van der Waals surface area contributed by atoms with Crippen LogP contribution in [0, 0.1) is 0 Å². The van der Waals surface area contributed by atoms with E-state index in [1.54, 1.807) is 4.90 Å². The average molecular weight is 406 g/mol. The van der Waals surface area contributed by atoms with Gasteiger partial charge in [0.05, 0.1) is 0 Å². The molecule has 3 N–H and O–H groups in total. The van der Waals surface area contributed by atoms with Crippen LogP contribution in [0.25, 0.3) is 0 Å². The van der Waals surface area contributed by atoms with Crippen molar-refractivity contribution in [3.05, 3.63) is 70.3 Å². The fourth-order valence-electron chi connectivity index (χ4n) is 4.23. The first-order valence-electron chi connectivity index (χ1n) is 10.3. The number of amides is 3. The van der Waals surface area contributed by atoms with E-state index in [1.165, 1.54) is 11.1 Å². The Morgan fingerprint density at radius 1 is 1.03 bits per heavy atom. The van der Waals surface area contributed by atoms with Gasteiger partial charge in [0, 0.05) is 38.2 Å². The summed E-state index contributed by atoms with van der Waals surface area (Å²) in [5.74, 6) is -0.787. The molecule has 2 heterocycles. The van der Waals surface area contributed by atoms with Crippen LogP contribution in [0.3, 0.4) is 0 Å². The molecule has 156 valence electrons. The minimum absolute atomic E-state index is 0.132. The second-order valence-corrected chi connectivity index (χ2v) is 7.81. The molecule has 1 fully saturated rings. The molecule has 30 heavy (non-hydrogen) atoms. The summed E-state index contributed by atoms with van der Waals surface area (Å²) in [6.07, 6.45) is 0.637. The third-order valence-corrected chi connectivity index (χ3v) is 5.66. The molecule has 0 aliphatic carbocycles. The van der Waals surface area contributed by atoms with Gasteiger partial charge in [0.2, 0.25) is 11.8 Å². The number of nitrogens with zero attached hydrogens (tertiary/aromatic N) is 1. The molecule has 1 atom stereocenters.